The summed E-state index contributed by atoms with van der Waals surface area (Å²) in [6.45, 7) is 17.2. The maximum Gasteiger partial charge on any atom is 0.315 e. The lowest BCUT2D eigenvalue weighted by Gasteiger charge is -2.38. The second-order valence-corrected chi connectivity index (χ2v) is 15.2. The average Bonchev–Trinajstić information content (AvgIpc) is 3.27. The highest BCUT2D eigenvalue weighted by Gasteiger charge is 2.69. The van der Waals surface area contributed by atoms with Crippen LogP contribution in [0.25, 0.3) is 0 Å². The Hall–Kier alpha value is -3.96. The van der Waals surface area contributed by atoms with Gasteiger partial charge in [0.15, 0.2) is 0 Å². The molecule has 1 aliphatic carbocycles. The minimum absolute atomic E-state index is 0.0780. The third-order valence-corrected chi connectivity index (χ3v) is 8.81. The number of rotatable bonds is 12. The molecular formula is C34H52N6O6. The standard InChI is InChI=1S/C34H52N6O6/c1-10-14-22(26(42)29(44)36-18-23(41)35-17-20-15-12-11-13-16-20)37-28(43)25-24-21(34(24,8)9)19-40(25)30(45)27(32(2,3)4)38-31(46)39-33(5,6)7/h11-13,15-16,21-22,24-25,27H,10,14,17-19H2,1-9H3,(H,35,41)(H,36,44)(H,37,43)(H2,38,39,46)/t21?,22?,24?,25-,27?/m0/s1. The molecule has 1 aliphatic heterocycles. The highest BCUT2D eigenvalue weighted by atomic mass is 16.2. The zero-order valence-electron chi connectivity index (χ0n) is 28.7. The Bertz CT molecular complexity index is 1320. The van der Waals surface area contributed by atoms with Crippen molar-refractivity contribution in [2.24, 2.45) is 22.7 Å². The number of urea groups is 1. The lowest BCUT2D eigenvalue weighted by atomic mass is 9.85. The third-order valence-electron chi connectivity index (χ3n) is 8.81. The molecule has 2 aliphatic rings. The van der Waals surface area contributed by atoms with Crippen LogP contribution in [0.15, 0.2) is 30.3 Å². The van der Waals surface area contributed by atoms with Gasteiger partial charge in [-0.1, -0.05) is 78.3 Å². The summed E-state index contributed by atoms with van der Waals surface area (Å²) in [6, 6.07) is 5.87. The number of likely N-dealkylation sites (tertiary alicyclic amines) is 1. The second-order valence-electron chi connectivity index (χ2n) is 15.2. The molecule has 0 bridgehead atoms. The molecular weight excluding hydrogens is 588 g/mol. The highest BCUT2D eigenvalue weighted by molar-refractivity contribution is 6.38. The first-order chi connectivity index (χ1) is 21.3. The van der Waals surface area contributed by atoms with Crippen molar-refractivity contribution in [1.82, 2.24) is 31.5 Å². The largest absolute Gasteiger partial charge is 0.350 e. The Morgan fingerprint density at radius 1 is 0.935 bits per heavy atom. The van der Waals surface area contributed by atoms with E-state index in [9.17, 15) is 28.8 Å². The summed E-state index contributed by atoms with van der Waals surface area (Å²) in [7, 11) is 0. The van der Waals surface area contributed by atoms with Crippen molar-refractivity contribution in [3.8, 4) is 0 Å². The quantitative estimate of drug-likeness (QED) is 0.220. The number of piperidine rings is 1. The van der Waals surface area contributed by atoms with Gasteiger partial charge in [0.25, 0.3) is 5.91 Å². The van der Waals surface area contributed by atoms with E-state index in [1.165, 1.54) is 4.90 Å². The normalized spacial score (nSPS) is 21.2. The molecule has 5 atom stereocenters. The average molecular weight is 641 g/mol. The number of fused-ring (bicyclic) bond motifs is 1. The Labute approximate surface area is 272 Å². The van der Waals surface area contributed by atoms with Crippen molar-refractivity contribution < 1.29 is 28.8 Å². The van der Waals surface area contributed by atoms with Crippen molar-refractivity contribution in [3.63, 3.8) is 0 Å². The van der Waals surface area contributed by atoms with Gasteiger partial charge >= 0.3 is 6.03 Å². The number of carbonyl (C=O) groups excluding carboxylic acids is 6. The number of carbonyl (C=O) groups is 6. The molecule has 254 valence electrons. The topological polar surface area (TPSA) is 166 Å². The molecule has 4 unspecified atom stereocenters. The van der Waals surface area contributed by atoms with E-state index in [0.717, 1.165) is 5.56 Å². The fourth-order valence-electron chi connectivity index (χ4n) is 6.22. The number of amides is 6. The fraction of sp³-hybridized carbons (Fsp3) is 0.647. The third kappa shape index (κ3) is 9.07. The number of nitrogens with one attached hydrogen (secondary N) is 5. The van der Waals surface area contributed by atoms with E-state index in [1.807, 2.05) is 92.6 Å². The van der Waals surface area contributed by atoms with Crippen LogP contribution in [0.2, 0.25) is 0 Å². The van der Waals surface area contributed by atoms with E-state index in [0.29, 0.717) is 13.0 Å². The molecule has 5 N–H and O–H groups in total. The van der Waals surface area contributed by atoms with Crippen molar-refractivity contribution in [2.45, 2.75) is 105 Å². The van der Waals surface area contributed by atoms with Crippen LogP contribution in [0, 0.1) is 22.7 Å². The minimum atomic E-state index is -1.13. The molecule has 1 aromatic rings. The van der Waals surface area contributed by atoms with Crippen molar-refractivity contribution in [1.29, 1.82) is 0 Å². The molecule has 1 heterocycles. The Morgan fingerprint density at radius 3 is 2.13 bits per heavy atom. The number of nitrogens with zero attached hydrogens (tertiary/aromatic N) is 1. The molecule has 3 rings (SSSR count). The number of hydrogen-bond acceptors (Lipinski definition) is 6. The molecule has 0 radical (unpaired) electrons. The Kier molecular flexibility index (Phi) is 11.3. The monoisotopic (exact) mass is 640 g/mol. The van der Waals surface area contributed by atoms with E-state index in [4.69, 9.17) is 0 Å². The summed E-state index contributed by atoms with van der Waals surface area (Å²) >= 11 is 0. The number of Topliss-reactive ketones (excluding diaryl/α,β-unsaturated/α-hetero) is 1. The molecule has 1 aromatic carbocycles. The lowest BCUT2D eigenvalue weighted by Crippen LogP contribution is -2.62. The Morgan fingerprint density at radius 2 is 1.57 bits per heavy atom. The SMILES string of the molecule is CCCC(NC(=O)[C@@H]1C2C(CN1C(=O)C(NC(=O)NC(C)(C)C)C(C)(C)C)C2(C)C)C(=O)C(=O)NCC(=O)NCc1ccccc1. The summed E-state index contributed by atoms with van der Waals surface area (Å²) in [5.41, 5.74) is -0.484. The molecule has 1 saturated carbocycles. The maximum atomic E-state index is 14.1. The van der Waals surface area contributed by atoms with E-state index < -0.39 is 65.2 Å². The van der Waals surface area contributed by atoms with Gasteiger partial charge in [0.05, 0.1) is 12.6 Å². The predicted molar refractivity (Wildman–Crippen MR) is 174 cm³/mol. The second kappa shape index (κ2) is 14.2. The van der Waals surface area contributed by atoms with Gasteiger partial charge in [0.2, 0.25) is 23.5 Å². The van der Waals surface area contributed by atoms with Crippen molar-refractivity contribution >= 4 is 35.4 Å². The van der Waals surface area contributed by atoms with Gasteiger partial charge < -0.3 is 31.5 Å². The number of ketones is 1. The zero-order chi connectivity index (χ0) is 34.6. The first-order valence-electron chi connectivity index (χ1n) is 16.1. The maximum absolute atomic E-state index is 14.1. The minimum Gasteiger partial charge on any atom is -0.350 e. The molecule has 0 aromatic heterocycles. The van der Waals surface area contributed by atoms with E-state index in [2.05, 4.69) is 26.6 Å². The fourth-order valence-corrected chi connectivity index (χ4v) is 6.22. The highest BCUT2D eigenvalue weighted by Crippen LogP contribution is 2.65. The van der Waals surface area contributed by atoms with Gasteiger partial charge in [-0.25, -0.2) is 4.79 Å². The van der Waals surface area contributed by atoms with Crippen molar-refractivity contribution in [3.05, 3.63) is 35.9 Å². The van der Waals surface area contributed by atoms with Crippen LogP contribution in [-0.2, 0) is 30.5 Å². The molecule has 12 heteroatoms. The van der Waals surface area contributed by atoms with Gasteiger partial charge in [-0.2, -0.15) is 0 Å². The van der Waals surface area contributed by atoms with Gasteiger partial charge in [0, 0.05) is 18.6 Å². The molecule has 12 nitrogen and oxygen atoms in total. The number of hydrogen-bond donors (Lipinski definition) is 5. The first-order valence-corrected chi connectivity index (χ1v) is 16.1. The summed E-state index contributed by atoms with van der Waals surface area (Å²) in [6.07, 6.45) is 0.709. The summed E-state index contributed by atoms with van der Waals surface area (Å²) in [5, 5.41) is 13.5. The summed E-state index contributed by atoms with van der Waals surface area (Å²) in [5.74, 6) is -3.24. The van der Waals surface area contributed by atoms with E-state index >= 15 is 0 Å². The van der Waals surface area contributed by atoms with Crippen LogP contribution in [0.5, 0.6) is 0 Å². The molecule has 0 spiro atoms. The van der Waals surface area contributed by atoms with Gasteiger partial charge in [-0.3, -0.25) is 24.0 Å². The molecule has 46 heavy (non-hydrogen) atoms. The smallest absolute Gasteiger partial charge is 0.315 e. The van der Waals surface area contributed by atoms with Crippen LogP contribution in [0.1, 0.15) is 80.7 Å². The predicted octanol–water partition coefficient (Wildman–Crippen LogP) is 2.27. The zero-order valence-corrected chi connectivity index (χ0v) is 28.7. The first kappa shape index (κ1) is 36.5. The molecule has 6 amide bonds. The Balaban J connectivity index is 1.70. The molecule has 1 saturated heterocycles. The summed E-state index contributed by atoms with van der Waals surface area (Å²) < 4.78 is 0. The van der Waals surface area contributed by atoms with E-state index in [1.54, 1.807) is 0 Å². The van der Waals surface area contributed by atoms with Gasteiger partial charge in [-0.15, -0.1) is 0 Å². The lowest BCUT2D eigenvalue weighted by molar-refractivity contribution is -0.145. The van der Waals surface area contributed by atoms with E-state index in [-0.39, 0.29) is 36.1 Å². The van der Waals surface area contributed by atoms with Crippen LogP contribution in [0.4, 0.5) is 4.79 Å². The van der Waals surface area contributed by atoms with Crippen LogP contribution < -0.4 is 26.6 Å². The van der Waals surface area contributed by atoms with Gasteiger partial charge in [0.1, 0.15) is 12.1 Å². The number of benzene rings is 1. The van der Waals surface area contributed by atoms with Crippen LogP contribution in [-0.4, -0.2) is 77.1 Å². The van der Waals surface area contributed by atoms with Crippen LogP contribution >= 0.6 is 0 Å². The summed E-state index contributed by atoms with van der Waals surface area (Å²) in [4.78, 5) is 80.6. The molecule has 2 fully saturated rings. The van der Waals surface area contributed by atoms with Crippen molar-refractivity contribution in [2.75, 3.05) is 13.1 Å². The van der Waals surface area contributed by atoms with Gasteiger partial charge in [-0.05, 0) is 55.4 Å². The van der Waals surface area contributed by atoms with Crippen LogP contribution in [0.3, 0.4) is 0 Å².